The van der Waals surface area contributed by atoms with Gasteiger partial charge in [0.15, 0.2) is 0 Å². The number of benzene rings is 1. The maximum atomic E-state index is 12.8. The SMILES string of the molecule is Cc1nc(CC(=O)N2CCN(S(=O)(=O)c3cc(Cl)ccc3Cl)CC2)cs1. The number of piperazine rings is 1. The van der Waals surface area contributed by atoms with Crippen LogP contribution in [0.5, 0.6) is 0 Å². The minimum Gasteiger partial charge on any atom is -0.340 e. The highest BCUT2D eigenvalue weighted by molar-refractivity contribution is 7.89. The van der Waals surface area contributed by atoms with Crippen LogP contribution in [0, 0.1) is 6.92 Å². The average molecular weight is 434 g/mol. The van der Waals surface area contributed by atoms with E-state index in [2.05, 4.69) is 4.98 Å². The van der Waals surface area contributed by atoms with Crippen LogP contribution in [0.3, 0.4) is 0 Å². The first-order valence-electron chi connectivity index (χ1n) is 7.91. The summed E-state index contributed by atoms with van der Waals surface area (Å²) in [4.78, 5) is 18.3. The fourth-order valence-electron chi connectivity index (χ4n) is 2.75. The van der Waals surface area contributed by atoms with Gasteiger partial charge in [-0.3, -0.25) is 4.79 Å². The molecule has 1 aromatic carbocycles. The van der Waals surface area contributed by atoms with Gasteiger partial charge in [-0.15, -0.1) is 11.3 Å². The summed E-state index contributed by atoms with van der Waals surface area (Å²) in [7, 11) is -3.75. The molecule has 0 aliphatic carbocycles. The molecule has 1 aromatic heterocycles. The van der Waals surface area contributed by atoms with Gasteiger partial charge in [0.1, 0.15) is 4.90 Å². The first kappa shape index (κ1) is 19.6. The molecule has 0 bridgehead atoms. The molecule has 26 heavy (non-hydrogen) atoms. The molecule has 1 amide bonds. The third-order valence-corrected chi connectivity index (χ3v) is 7.54. The lowest BCUT2D eigenvalue weighted by atomic mass is 10.2. The van der Waals surface area contributed by atoms with Gasteiger partial charge in [0.25, 0.3) is 0 Å². The zero-order valence-electron chi connectivity index (χ0n) is 14.0. The number of carbonyl (C=O) groups is 1. The number of aryl methyl sites for hydroxylation is 1. The van der Waals surface area contributed by atoms with E-state index in [0.29, 0.717) is 18.1 Å². The Hall–Kier alpha value is -1.19. The molecule has 1 aliphatic heterocycles. The number of thiazole rings is 1. The number of hydrogen-bond donors (Lipinski definition) is 0. The van der Waals surface area contributed by atoms with Crippen LogP contribution in [-0.2, 0) is 21.2 Å². The molecule has 10 heteroatoms. The highest BCUT2D eigenvalue weighted by Gasteiger charge is 2.31. The van der Waals surface area contributed by atoms with E-state index in [9.17, 15) is 13.2 Å². The summed E-state index contributed by atoms with van der Waals surface area (Å²) in [5.74, 6) is -0.0480. The van der Waals surface area contributed by atoms with Crippen LogP contribution >= 0.6 is 34.5 Å². The molecule has 1 fully saturated rings. The molecule has 1 saturated heterocycles. The first-order chi connectivity index (χ1) is 12.3. The van der Waals surface area contributed by atoms with Crippen molar-refractivity contribution in [3.05, 3.63) is 44.3 Å². The second-order valence-electron chi connectivity index (χ2n) is 5.89. The summed E-state index contributed by atoms with van der Waals surface area (Å²) in [6.07, 6.45) is 0.233. The Bertz CT molecular complexity index is 923. The second kappa shape index (κ2) is 7.82. The van der Waals surface area contributed by atoms with E-state index >= 15 is 0 Å². The largest absolute Gasteiger partial charge is 0.340 e. The van der Waals surface area contributed by atoms with Gasteiger partial charge < -0.3 is 4.90 Å². The Morgan fingerprint density at radius 1 is 1.23 bits per heavy atom. The first-order valence-corrected chi connectivity index (χ1v) is 11.0. The lowest BCUT2D eigenvalue weighted by Gasteiger charge is -2.34. The Balaban J connectivity index is 1.66. The number of carbonyl (C=O) groups excluding carboxylic acids is 1. The number of hydrogen-bond acceptors (Lipinski definition) is 5. The Morgan fingerprint density at radius 3 is 2.54 bits per heavy atom. The molecule has 6 nitrogen and oxygen atoms in total. The van der Waals surface area contributed by atoms with Crippen LogP contribution in [0.4, 0.5) is 0 Å². The van der Waals surface area contributed by atoms with Crippen molar-refractivity contribution in [2.45, 2.75) is 18.2 Å². The third-order valence-electron chi connectivity index (χ3n) is 4.10. The molecule has 3 rings (SSSR count). The molecule has 0 atom stereocenters. The Morgan fingerprint density at radius 2 is 1.92 bits per heavy atom. The summed E-state index contributed by atoms with van der Waals surface area (Å²) < 4.78 is 26.9. The van der Waals surface area contributed by atoms with Crippen molar-refractivity contribution in [2.24, 2.45) is 0 Å². The van der Waals surface area contributed by atoms with Gasteiger partial charge in [-0.05, 0) is 25.1 Å². The van der Waals surface area contributed by atoms with Crippen molar-refractivity contribution in [1.82, 2.24) is 14.2 Å². The van der Waals surface area contributed by atoms with Crippen LogP contribution in [0.2, 0.25) is 10.0 Å². The molecule has 0 radical (unpaired) electrons. The molecular formula is C16H17Cl2N3O3S2. The fourth-order valence-corrected chi connectivity index (χ4v) is 5.52. The van der Waals surface area contributed by atoms with Gasteiger partial charge in [0, 0.05) is 36.6 Å². The zero-order valence-corrected chi connectivity index (χ0v) is 17.1. The maximum absolute atomic E-state index is 12.8. The van der Waals surface area contributed by atoms with Gasteiger partial charge in [-0.1, -0.05) is 23.2 Å². The van der Waals surface area contributed by atoms with E-state index in [1.54, 1.807) is 11.0 Å². The molecule has 0 spiro atoms. The normalized spacial score (nSPS) is 16.0. The summed E-state index contributed by atoms with van der Waals surface area (Å²) >= 11 is 13.4. The van der Waals surface area contributed by atoms with Gasteiger partial charge in [-0.25, -0.2) is 13.4 Å². The van der Waals surface area contributed by atoms with E-state index in [4.69, 9.17) is 23.2 Å². The monoisotopic (exact) mass is 433 g/mol. The van der Waals surface area contributed by atoms with E-state index in [-0.39, 0.29) is 35.3 Å². The zero-order chi connectivity index (χ0) is 18.9. The van der Waals surface area contributed by atoms with Crippen molar-refractivity contribution in [2.75, 3.05) is 26.2 Å². The van der Waals surface area contributed by atoms with Crippen LogP contribution in [-0.4, -0.2) is 54.7 Å². The van der Waals surface area contributed by atoms with Gasteiger partial charge in [0.2, 0.25) is 15.9 Å². The molecule has 140 valence electrons. The smallest absolute Gasteiger partial charge is 0.244 e. The fraction of sp³-hybridized carbons (Fsp3) is 0.375. The van der Waals surface area contributed by atoms with Gasteiger partial charge in [-0.2, -0.15) is 4.31 Å². The van der Waals surface area contributed by atoms with Crippen LogP contribution < -0.4 is 0 Å². The van der Waals surface area contributed by atoms with E-state index in [1.807, 2.05) is 12.3 Å². The standard InChI is InChI=1S/C16H17Cl2N3O3S2/c1-11-19-13(10-25-11)9-16(22)20-4-6-21(7-5-20)26(23,24)15-8-12(17)2-3-14(15)18/h2-3,8,10H,4-7,9H2,1H3. The van der Waals surface area contributed by atoms with Crippen LogP contribution in [0.1, 0.15) is 10.7 Å². The molecular weight excluding hydrogens is 417 g/mol. The Kier molecular flexibility index (Phi) is 5.88. The second-order valence-corrected chi connectivity index (χ2v) is 9.71. The molecule has 0 unspecified atom stereocenters. The van der Waals surface area contributed by atoms with Crippen molar-refractivity contribution in [1.29, 1.82) is 0 Å². The van der Waals surface area contributed by atoms with Crippen LogP contribution in [0.25, 0.3) is 0 Å². The molecule has 1 aliphatic rings. The number of rotatable bonds is 4. The topological polar surface area (TPSA) is 70.6 Å². The predicted molar refractivity (Wildman–Crippen MR) is 102 cm³/mol. The quantitative estimate of drug-likeness (QED) is 0.742. The average Bonchev–Trinajstić information content (AvgIpc) is 3.02. The van der Waals surface area contributed by atoms with E-state index in [0.717, 1.165) is 10.7 Å². The highest BCUT2D eigenvalue weighted by atomic mass is 35.5. The van der Waals surface area contributed by atoms with Crippen molar-refractivity contribution >= 4 is 50.5 Å². The molecule has 0 saturated carbocycles. The number of amides is 1. The molecule has 2 heterocycles. The van der Waals surface area contributed by atoms with Gasteiger partial charge >= 0.3 is 0 Å². The summed E-state index contributed by atoms with van der Waals surface area (Å²) in [6.45, 7) is 2.99. The van der Waals surface area contributed by atoms with E-state index in [1.165, 1.54) is 27.8 Å². The summed E-state index contributed by atoms with van der Waals surface area (Å²) in [5.41, 5.74) is 0.748. The number of nitrogens with zero attached hydrogens (tertiary/aromatic N) is 3. The minimum atomic E-state index is -3.75. The third kappa shape index (κ3) is 4.20. The summed E-state index contributed by atoms with van der Waals surface area (Å²) in [6, 6.07) is 4.35. The Labute approximate surface area is 166 Å². The molecule has 2 aromatic rings. The van der Waals surface area contributed by atoms with Crippen LogP contribution in [0.15, 0.2) is 28.5 Å². The maximum Gasteiger partial charge on any atom is 0.244 e. The minimum absolute atomic E-state index is 0.00982. The lowest BCUT2D eigenvalue weighted by molar-refractivity contribution is -0.131. The number of aromatic nitrogens is 1. The van der Waals surface area contributed by atoms with Crippen molar-refractivity contribution in [3.8, 4) is 0 Å². The lowest BCUT2D eigenvalue weighted by Crippen LogP contribution is -2.50. The molecule has 0 N–H and O–H groups in total. The number of sulfonamides is 1. The number of halogens is 2. The summed E-state index contributed by atoms with van der Waals surface area (Å²) in [5, 5.41) is 3.23. The van der Waals surface area contributed by atoms with E-state index < -0.39 is 10.0 Å². The highest BCUT2D eigenvalue weighted by Crippen LogP contribution is 2.28. The van der Waals surface area contributed by atoms with Gasteiger partial charge in [0.05, 0.1) is 22.1 Å². The van der Waals surface area contributed by atoms with Crippen molar-refractivity contribution < 1.29 is 13.2 Å². The predicted octanol–water partition coefficient (Wildman–Crippen LogP) is 2.83. The van der Waals surface area contributed by atoms with Crippen molar-refractivity contribution in [3.63, 3.8) is 0 Å².